The third-order valence-corrected chi connectivity index (χ3v) is 4.21. The van der Waals surface area contributed by atoms with Gasteiger partial charge in [0.2, 0.25) is 0 Å². The number of aliphatic carboxylic acids is 1. The molecule has 2 aromatic carbocycles. The predicted molar refractivity (Wildman–Crippen MR) is 115 cm³/mol. The van der Waals surface area contributed by atoms with Crippen LogP contribution in [0.25, 0.3) is 11.0 Å². The summed E-state index contributed by atoms with van der Waals surface area (Å²) in [5.74, 6) is -0.482. The zero-order valence-electron chi connectivity index (χ0n) is 16.8. The van der Waals surface area contributed by atoms with Crippen LogP contribution in [0.3, 0.4) is 0 Å². The van der Waals surface area contributed by atoms with Gasteiger partial charge in [0.1, 0.15) is 17.4 Å². The van der Waals surface area contributed by atoms with Crippen LogP contribution in [0.2, 0.25) is 0 Å². The Bertz CT molecular complexity index is 999. The highest BCUT2D eigenvalue weighted by atomic mass is 16.7. The van der Waals surface area contributed by atoms with Crippen LogP contribution in [-0.2, 0) is 21.1 Å². The molecule has 3 rings (SSSR count). The molecule has 1 unspecified atom stereocenters. The molecule has 0 bridgehead atoms. The smallest absolute Gasteiger partial charge is 0.305 e. The SMILES string of the molecule is NC(N)=Nc1cccc(CONCCONC(CC(=O)O)c2cc3ccccc3o2)c1. The van der Waals surface area contributed by atoms with Gasteiger partial charge in [0.25, 0.3) is 0 Å². The van der Waals surface area contributed by atoms with Crippen LogP contribution in [0.15, 0.2) is 64.0 Å². The summed E-state index contributed by atoms with van der Waals surface area (Å²) < 4.78 is 5.74. The van der Waals surface area contributed by atoms with Crippen molar-refractivity contribution in [2.45, 2.75) is 19.1 Å². The van der Waals surface area contributed by atoms with Crippen molar-refractivity contribution in [3.05, 3.63) is 65.9 Å². The van der Waals surface area contributed by atoms with Gasteiger partial charge in [-0.05, 0) is 29.8 Å². The van der Waals surface area contributed by atoms with E-state index in [1.807, 2.05) is 42.5 Å². The van der Waals surface area contributed by atoms with E-state index in [-0.39, 0.29) is 19.0 Å². The van der Waals surface area contributed by atoms with E-state index >= 15 is 0 Å². The second-order valence-electron chi connectivity index (χ2n) is 6.69. The van der Waals surface area contributed by atoms with Crippen molar-refractivity contribution < 1.29 is 24.0 Å². The van der Waals surface area contributed by atoms with Gasteiger partial charge in [-0.2, -0.15) is 11.0 Å². The van der Waals surface area contributed by atoms with Crippen molar-refractivity contribution in [2.24, 2.45) is 16.5 Å². The monoisotopic (exact) mass is 427 g/mol. The molecule has 10 nitrogen and oxygen atoms in total. The molecule has 7 N–H and O–H groups in total. The van der Waals surface area contributed by atoms with E-state index in [0.717, 1.165) is 10.9 Å². The first kappa shape index (κ1) is 22.2. The number of fused-ring (bicyclic) bond motifs is 1. The fourth-order valence-corrected chi connectivity index (χ4v) is 2.87. The average molecular weight is 427 g/mol. The number of hydroxylamine groups is 2. The number of aliphatic imine (C=N–C) groups is 1. The Hall–Kier alpha value is -3.44. The highest BCUT2D eigenvalue weighted by Crippen LogP contribution is 2.25. The molecule has 10 heteroatoms. The molecular formula is C21H25N5O5. The normalized spacial score (nSPS) is 12.0. The lowest BCUT2D eigenvalue weighted by Crippen LogP contribution is -2.28. The molecule has 164 valence electrons. The number of hydrogen-bond acceptors (Lipinski definition) is 7. The Morgan fingerprint density at radius 1 is 1.13 bits per heavy atom. The van der Waals surface area contributed by atoms with Gasteiger partial charge in [-0.1, -0.05) is 30.3 Å². The molecule has 1 atom stereocenters. The van der Waals surface area contributed by atoms with Crippen LogP contribution in [0, 0.1) is 0 Å². The quantitative estimate of drug-likeness (QED) is 0.126. The number of benzene rings is 2. The van der Waals surface area contributed by atoms with E-state index in [0.29, 0.717) is 30.2 Å². The Kier molecular flexibility index (Phi) is 7.96. The number of guanidine groups is 1. The van der Waals surface area contributed by atoms with Crippen LogP contribution >= 0.6 is 0 Å². The first-order valence-electron chi connectivity index (χ1n) is 9.62. The number of furan rings is 1. The zero-order valence-corrected chi connectivity index (χ0v) is 16.8. The van der Waals surface area contributed by atoms with Gasteiger partial charge in [0.15, 0.2) is 5.96 Å². The molecule has 31 heavy (non-hydrogen) atoms. The van der Waals surface area contributed by atoms with E-state index in [2.05, 4.69) is 16.0 Å². The Labute approximate surface area is 178 Å². The lowest BCUT2D eigenvalue weighted by molar-refractivity contribution is -0.139. The van der Waals surface area contributed by atoms with E-state index < -0.39 is 12.0 Å². The first-order chi connectivity index (χ1) is 15.0. The fraction of sp³-hybridized carbons (Fsp3) is 0.238. The predicted octanol–water partition coefficient (Wildman–Crippen LogP) is 2.10. The summed E-state index contributed by atoms with van der Waals surface area (Å²) in [5, 5.41) is 10.1. The van der Waals surface area contributed by atoms with E-state index in [4.69, 9.17) is 25.6 Å². The number of carbonyl (C=O) groups is 1. The average Bonchev–Trinajstić information content (AvgIpc) is 3.16. The lowest BCUT2D eigenvalue weighted by atomic mass is 10.1. The topological polar surface area (TPSA) is 157 Å². The summed E-state index contributed by atoms with van der Waals surface area (Å²) in [4.78, 5) is 26.0. The Morgan fingerprint density at radius 3 is 2.74 bits per heavy atom. The highest BCUT2D eigenvalue weighted by molar-refractivity contribution is 5.79. The summed E-state index contributed by atoms with van der Waals surface area (Å²) in [7, 11) is 0. The van der Waals surface area contributed by atoms with Crippen LogP contribution in [-0.4, -0.2) is 30.2 Å². The molecule has 0 aliphatic carbocycles. The van der Waals surface area contributed by atoms with Crippen molar-refractivity contribution in [2.75, 3.05) is 13.2 Å². The molecule has 0 saturated carbocycles. The van der Waals surface area contributed by atoms with Gasteiger partial charge >= 0.3 is 5.97 Å². The third-order valence-electron chi connectivity index (χ3n) is 4.21. The number of para-hydroxylation sites is 1. The van der Waals surface area contributed by atoms with Crippen molar-refractivity contribution in [1.29, 1.82) is 0 Å². The summed E-state index contributed by atoms with van der Waals surface area (Å²) in [5.41, 5.74) is 18.5. The molecule has 0 aliphatic rings. The van der Waals surface area contributed by atoms with Gasteiger partial charge in [-0.25, -0.2) is 4.99 Å². The van der Waals surface area contributed by atoms with Gasteiger partial charge in [-0.15, -0.1) is 0 Å². The van der Waals surface area contributed by atoms with E-state index in [9.17, 15) is 9.90 Å². The number of rotatable bonds is 12. The number of nitrogens with one attached hydrogen (secondary N) is 2. The van der Waals surface area contributed by atoms with Crippen molar-refractivity contribution in [1.82, 2.24) is 11.0 Å². The second-order valence-corrected chi connectivity index (χ2v) is 6.69. The van der Waals surface area contributed by atoms with Crippen molar-refractivity contribution in [3.63, 3.8) is 0 Å². The molecule has 0 radical (unpaired) electrons. The van der Waals surface area contributed by atoms with Crippen molar-refractivity contribution >= 4 is 28.6 Å². The minimum absolute atomic E-state index is 0.00954. The molecular weight excluding hydrogens is 402 g/mol. The van der Waals surface area contributed by atoms with Gasteiger partial charge in [-0.3, -0.25) is 14.5 Å². The Balaban J connectivity index is 1.41. The summed E-state index contributed by atoms with van der Waals surface area (Å²) >= 11 is 0. The Morgan fingerprint density at radius 2 is 1.97 bits per heavy atom. The maximum Gasteiger partial charge on any atom is 0.305 e. The molecule has 1 aromatic heterocycles. The van der Waals surface area contributed by atoms with Crippen LogP contribution in [0.5, 0.6) is 0 Å². The van der Waals surface area contributed by atoms with E-state index in [1.165, 1.54) is 0 Å². The number of carboxylic acid groups (broad SMARTS) is 1. The third kappa shape index (κ3) is 7.08. The maximum atomic E-state index is 11.2. The van der Waals surface area contributed by atoms with Crippen LogP contribution in [0.1, 0.15) is 23.8 Å². The standard InChI is InChI=1S/C21H25N5O5/c22-21(23)25-16-6-3-4-14(10-16)13-30-24-8-9-29-26-17(12-20(27)28)19-11-15-5-1-2-7-18(15)31-19/h1-7,10-11,17,24,26H,8-9,12-13H2,(H,27,28)(H4,22,23,25). The molecule has 0 amide bonds. The molecule has 0 spiro atoms. The van der Waals surface area contributed by atoms with Crippen molar-refractivity contribution in [3.8, 4) is 0 Å². The lowest BCUT2D eigenvalue weighted by Gasteiger charge is -2.14. The number of nitrogens with zero attached hydrogens (tertiary/aromatic N) is 1. The molecule has 0 aliphatic heterocycles. The molecule has 3 aromatic rings. The largest absolute Gasteiger partial charge is 0.481 e. The summed E-state index contributed by atoms with van der Waals surface area (Å²) in [6, 6.07) is 16.0. The minimum atomic E-state index is -0.967. The molecule has 0 saturated heterocycles. The number of hydrogen-bond donors (Lipinski definition) is 5. The van der Waals surface area contributed by atoms with Crippen LogP contribution in [0.4, 0.5) is 5.69 Å². The first-order valence-corrected chi connectivity index (χ1v) is 9.62. The van der Waals surface area contributed by atoms with Crippen LogP contribution < -0.4 is 22.4 Å². The van der Waals surface area contributed by atoms with Gasteiger partial charge in [0.05, 0.1) is 25.3 Å². The highest BCUT2D eigenvalue weighted by Gasteiger charge is 2.20. The fourth-order valence-electron chi connectivity index (χ4n) is 2.87. The minimum Gasteiger partial charge on any atom is -0.481 e. The maximum absolute atomic E-state index is 11.2. The summed E-state index contributed by atoms with van der Waals surface area (Å²) in [6.07, 6.45) is -0.185. The van der Waals surface area contributed by atoms with Gasteiger partial charge < -0.3 is 21.0 Å². The molecule has 1 heterocycles. The van der Waals surface area contributed by atoms with E-state index in [1.54, 1.807) is 12.1 Å². The number of carboxylic acids is 1. The molecule has 0 fully saturated rings. The number of nitrogens with two attached hydrogens (primary N) is 2. The van der Waals surface area contributed by atoms with Gasteiger partial charge in [0, 0.05) is 11.9 Å². The zero-order chi connectivity index (χ0) is 22.1. The second kappa shape index (κ2) is 11.1. The summed E-state index contributed by atoms with van der Waals surface area (Å²) in [6.45, 7) is 0.923.